The third kappa shape index (κ3) is 3.58. The van der Waals surface area contributed by atoms with Crippen molar-refractivity contribution in [2.24, 2.45) is 5.92 Å². The topological polar surface area (TPSA) is 52.7 Å². The summed E-state index contributed by atoms with van der Waals surface area (Å²) in [6, 6.07) is 9.67. The van der Waals surface area contributed by atoms with Crippen molar-refractivity contribution >= 4 is 10.2 Å². The predicted molar refractivity (Wildman–Crippen MR) is 80.4 cm³/mol. The summed E-state index contributed by atoms with van der Waals surface area (Å²) in [5.74, 6) is 0.417. The lowest BCUT2D eigenvalue weighted by molar-refractivity contribution is 0.382. The van der Waals surface area contributed by atoms with Crippen molar-refractivity contribution < 1.29 is 8.42 Å². The Kier molecular flexibility index (Phi) is 5.15. The smallest absolute Gasteiger partial charge is 0.282 e. The van der Waals surface area contributed by atoms with Crippen molar-refractivity contribution in [1.29, 1.82) is 0 Å². The Morgan fingerprint density at radius 3 is 2.70 bits per heavy atom. The number of nitrogens with one attached hydrogen (secondary N) is 1. The molecule has 2 rings (SSSR count). The minimum absolute atomic E-state index is 0.413. The van der Waals surface area contributed by atoms with E-state index in [1.165, 1.54) is 4.31 Å². The monoisotopic (exact) mass is 297 g/mol. The SMILES string of the molecule is CNCC1CCN(S(=O)(=O)N(C)Cc2ccccc2)C1. The van der Waals surface area contributed by atoms with Crippen LogP contribution >= 0.6 is 0 Å². The Hall–Kier alpha value is -0.950. The largest absolute Gasteiger partial charge is 0.319 e. The average molecular weight is 297 g/mol. The summed E-state index contributed by atoms with van der Waals surface area (Å²) in [4.78, 5) is 0. The van der Waals surface area contributed by atoms with Crippen LogP contribution in [0.1, 0.15) is 12.0 Å². The lowest BCUT2D eigenvalue weighted by atomic mass is 10.1. The first-order chi connectivity index (χ1) is 9.54. The highest BCUT2D eigenvalue weighted by Crippen LogP contribution is 2.21. The van der Waals surface area contributed by atoms with Crippen molar-refractivity contribution in [3.05, 3.63) is 35.9 Å². The zero-order chi connectivity index (χ0) is 14.6. The van der Waals surface area contributed by atoms with Crippen molar-refractivity contribution in [3.8, 4) is 0 Å². The Bertz CT molecular complexity index is 518. The summed E-state index contributed by atoms with van der Waals surface area (Å²) in [6.07, 6.45) is 0.930. The zero-order valence-corrected chi connectivity index (χ0v) is 12.9. The van der Waals surface area contributed by atoms with Crippen LogP contribution in [0.5, 0.6) is 0 Å². The van der Waals surface area contributed by atoms with Gasteiger partial charge in [-0.15, -0.1) is 0 Å². The molecule has 1 atom stereocenters. The van der Waals surface area contributed by atoms with Crippen LogP contribution in [0, 0.1) is 5.92 Å². The Balaban J connectivity index is 2.00. The summed E-state index contributed by atoms with van der Waals surface area (Å²) < 4.78 is 28.1. The second kappa shape index (κ2) is 6.67. The zero-order valence-electron chi connectivity index (χ0n) is 12.1. The molecule has 1 aromatic carbocycles. The van der Waals surface area contributed by atoms with E-state index in [0.29, 0.717) is 25.6 Å². The minimum atomic E-state index is -3.35. The van der Waals surface area contributed by atoms with Gasteiger partial charge in [-0.1, -0.05) is 30.3 Å². The van der Waals surface area contributed by atoms with E-state index in [1.807, 2.05) is 37.4 Å². The van der Waals surface area contributed by atoms with Gasteiger partial charge < -0.3 is 5.32 Å². The fourth-order valence-corrected chi connectivity index (χ4v) is 4.02. The molecule has 0 radical (unpaired) electrons. The summed E-state index contributed by atoms with van der Waals surface area (Å²) in [5.41, 5.74) is 1.00. The molecule has 1 heterocycles. The van der Waals surface area contributed by atoms with Crippen LogP contribution < -0.4 is 5.32 Å². The van der Waals surface area contributed by atoms with Gasteiger partial charge in [0.1, 0.15) is 0 Å². The van der Waals surface area contributed by atoms with E-state index >= 15 is 0 Å². The van der Waals surface area contributed by atoms with E-state index in [1.54, 1.807) is 11.4 Å². The number of rotatable bonds is 6. The van der Waals surface area contributed by atoms with Crippen molar-refractivity contribution in [2.45, 2.75) is 13.0 Å². The van der Waals surface area contributed by atoms with E-state index in [2.05, 4.69) is 5.32 Å². The van der Waals surface area contributed by atoms with Gasteiger partial charge in [-0.2, -0.15) is 17.0 Å². The van der Waals surface area contributed by atoms with Gasteiger partial charge in [-0.05, 0) is 31.5 Å². The first-order valence-electron chi connectivity index (χ1n) is 6.94. The predicted octanol–water partition coefficient (Wildman–Crippen LogP) is 0.905. The molecule has 20 heavy (non-hydrogen) atoms. The van der Waals surface area contributed by atoms with Gasteiger partial charge in [0.05, 0.1) is 0 Å². The molecule has 1 aliphatic rings. The second-order valence-electron chi connectivity index (χ2n) is 5.32. The Labute approximate surface area is 121 Å². The van der Waals surface area contributed by atoms with E-state index in [-0.39, 0.29) is 0 Å². The van der Waals surface area contributed by atoms with Gasteiger partial charge >= 0.3 is 0 Å². The van der Waals surface area contributed by atoms with Crippen molar-refractivity contribution in [3.63, 3.8) is 0 Å². The highest BCUT2D eigenvalue weighted by molar-refractivity contribution is 7.86. The molecule has 6 heteroatoms. The maximum Gasteiger partial charge on any atom is 0.282 e. The van der Waals surface area contributed by atoms with Gasteiger partial charge in [-0.25, -0.2) is 0 Å². The van der Waals surface area contributed by atoms with Gasteiger partial charge in [0.15, 0.2) is 0 Å². The molecule has 0 saturated carbocycles. The molecule has 0 aliphatic carbocycles. The highest BCUT2D eigenvalue weighted by atomic mass is 32.2. The van der Waals surface area contributed by atoms with Crippen molar-refractivity contribution in [1.82, 2.24) is 13.9 Å². The molecule has 0 spiro atoms. The fourth-order valence-electron chi connectivity index (χ4n) is 2.58. The molecule has 0 aromatic heterocycles. The standard InChI is InChI=1S/C14H23N3O2S/c1-15-10-14-8-9-17(12-14)20(18,19)16(2)11-13-6-4-3-5-7-13/h3-7,14-15H,8-12H2,1-2H3. The number of benzene rings is 1. The fraction of sp³-hybridized carbons (Fsp3) is 0.571. The van der Waals surface area contributed by atoms with Crippen LogP contribution in [-0.2, 0) is 16.8 Å². The maximum atomic E-state index is 12.5. The van der Waals surface area contributed by atoms with Gasteiger partial charge in [0, 0.05) is 26.7 Å². The van der Waals surface area contributed by atoms with Crippen LogP contribution in [0.25, 0.3) is 0 Å². The molecule has 1 N–H and O–H groups in total. The second-order valence-corrected chi connectivity index (χ2v) is 7.36. The number of nitrogens with zero attached hydrogens (tertiary/aromatic N) is 2. The highest BCUT2D eigenvalue weighted by Gasteiger charge is 2.33. The van der Waals surface area contributed by atoms with Crippen LogP contribution in [0.4, 0.5) is 0 Å². The van der Waals surface area contributed by atoms with Gasteiger partial charge in [-0.3, -0.25) is 0 Å². The molecule has 1 unspecified atom stereocenters. The first kappa shape index (κ1) is 15.4. The summed E-state index contributed by atoms with van der Waals surface area (Å²) in [6.45, 7) is 2.51. The average Bonchev–Trinajstić information content (AvgIpc) is 2.89. The van der Waals surface area contributed by atoms with Crippen LogP contribution in [-0.4, -0.2) is 50.8 Å². The molecule has 0 bridgehead atoms. The molecular formula is C14H23N3O2S. The van der Waals surface area contributed by atoms with E-state index in [9.17, 15) is 8.42 Å². The minimum Gasteiger partial charge on any atom is -0.319 e. The first-order valence-corrected chi connectivity index (χ1v) is 8.33. The van der Waals surface area contributed by atoms with Crippen LogP contribution in [0.15, 0.2) is 30.3 Å². The summed E-state index contributed by atoms with van der Waals surface area (Å²) >= 11 is 0. The van der Waals surface area contributed by atoms with E-state index < -0.39 is 10.2 Å². The molecule has 0 amide bonds. The normalized spacial score (nSPS) is 20.6. The Morgan fingerprint density at radius 2 is 2.05 bits per heavy atom. The number of hydrogen-bond donors (Lipinski definition) is 1. The van der Waals surface area contributed by atoms with Gasteiger partial charge in [0.25, 0.3) is 10.2 Å². The number of hydrogen-bond acceptors (Lipinski definition) is 3. The quantitative estimate of drug-likeness (QED) is 0.849. The Morgan fingerprint density at radius 1 is 1.35 bits per heavy atom. The maximum absolute atomic E-state index is 12.5. The van der Waals surface area contributed by atoms with E-state index in [4.69, 9.17) is 0 Å². The van der Waals surface area contributed by atoms with Gasteiger partial charge in [0.2, 0.25) is 0 Å². The third-order valence-corrected chi connectivity index (χ3v) is 5.61. The molecular weight excluding hydrogens is 274 g/mol. The van der Waals surface area contributed by atoms with Crippen LogP contribution in [0.2, 0.25) is 0 Å². The molecule has 1 saturated heterocycles. The van der Waals surface area contributed by atoms with Crippen LogP contribution in [0.3, 0.4) is 0 Å². The van der Waals surface area contributed by atoms with Crippen molar-refractivity contribution in [2.75, 3.05) is 33.7 Å². The van der Waals surface area contributed by atoms with E-state index in [0.717, 1.165) is 18.5 Å². The molecule has 112 valence electrons. The summed E-state index contributed by atoms with van der Waals surface area (Å²) in [7, 11) is 0.199. The lowest BCUT2D eigenvalue weighted by Gasteiger charge is -2.24. The molecule has 1 fully saturated rings. The lowest BCUT2D eigenvalue weighted by Crippen LogP contribution is -2.40. The molecule has 1 aliphatic heterocycles. The molecule has 1 aromatic rings. The third-order valence-electron chi connectivity index (χ3n) is 3.71. The summed E-state index contributed by atoms with van der Waals surface area (Å²) in [5, 5.41) is 3.12. The molecule has 5 nitrogen and oxygen atoms in total.